The lowest BCUT2D eigenvalue weighted by molar-refractivity contribution is -0.115. The summed E-state index contributed by atoms with van der Waals surface area (Å²) in [5.74, 6) is 0.715. The van der Waals surface area contributed by atoms with Gasteiger partial charge in [0.1, 0.15) is 5.75 Å². The second kappa shape index (κ2) is 10.0. The highest BCUT2D eigenvalue weighted by Crippen LogP contribution is 2.28. The molecule has 2 N–H and O–H groups in total. The number of ether oxygens (including phenoxy) is 1. The fourth-order valence-corrected chi connectivity index (χ4v) is 4.01. The van der Waals surface area contributed by atoms with Gasteiger partial charge in [-0.1, -0.05) is 47.1 Å². The van der Waals surface area contributed by atoms with Gasteiger partial charge < -0.3 is 15.0 Å². The lowest BCUT2D eigenvalue weighted by Crippen LogP contribution is -2.24. The van der Waals surface area contributed by atoms with Crippen LogP contribution in [0.15, 0.2) is 52.4 Å². The van der Waals surface area contributed by atoms with E-state index >= 15 is 0 Å². The molecule has 0 fully saturated rings. The van der Waals surface area contributed by atoms with E-state index in [1.165, 1.54) is 18.9 Å². The molecule has 0 unspecified atom stereocenters. The number of nitrogens with one attached hydrogen (secondary N) is 2. The van der Waals surface area contributed by atoms with E-state index < -0.39 is 0 Å². The first-order chi connectivity index (χ1) is 14.4. The number of aryl methyl sites for hydroxylation is 1. The van der Waals surface area contributed by atoms with Crippen LogP contribution in [0.3, 0.4) is 0 Å². The molecule has 0 atom stereocenters. The van der Waals surface area contributed by atoms with Crippen LogP contribution in [0.1, 0.15) is 16.8 Å². The molecular formula is C21H19Cl2N3O3S. The number of amides is 1. The van der Waals surface area contributed by atoms with Gasteiger partial charge in [0, 0.05) is 27.1 Å². The number of H-pyrrole nitrogens is 1. The van der Waals surface area contributed by atoms with Crippen LogP contribution in [0.4, 0.5) is 5.69 Å². The summed E-state index contributed by atoms with van der Waals surface area (Å²) in [4.78, 5) is 32.2. The molecule has 2 aromatic carbocycles. The van der Waals surface area contributed by atoms with Crippen LogP contribution < -0.4 is 15.6 Å². The Labute approximate surface area is 188 Å². The van der Waals surface area contributed by atoms with Gasteiger partial charge in [-0.3, -0.25) is 9.59 Å². The van der Waals surface area contributed by atoms with Crippen molar-refractivity contribution in [1.29, 1.82) is 0 Å². The molecule has 0 radical (unpaired) electrons. The highest BCUT2D eigenvalue weighted by atomic mass is 35.5. The maximum absolute atomic E-state index is 12.5. The third kappa shape index (κ3) is 5.78. The van der Waals surface area contributed by atoms with Crippen LogP contribution >= 0.6 is 35.0 Å². The van der Waals surface area contributed by atoms with E-state index in [0.717, 1.165) is 5.56 Å². The van der Waals surface area contributed by atoms with Crippen molar-refractivity contribution in [3.63, 3.8) is 0 Å². The Kier molecular flexibility index (Phi) is 7.42. The standard InChI is InChI=1S/C21H19Cl2N3O3S/c1-12-16(10-19(27)25-17-9-15(23)6-7-18(17)29-2)20(28)26-21(24-12)30-11-13-4-3-5-14(22)8-13/h3-9H,10-11H2,1-2H3,(H,25,27)(H,24,26,28). The number of methoxy groups -OCH3 is 1. The molecule has 156 valence electrons. The number of thioether (sulfide) groups is 1. The van der Waals surface area contributed by atoms with Crippen molar-refractivity contribution in [2.24, 2.45) is 0 Å². The molecule has 0 aliphatic carbocycles. The van der Waals surface area contributed by atoms with Crippen LogP contribution in [-0.2, 0) is 17.0 Å². The third-order valence-electron chi connectivity index (χ3n) is 4.24. The number of anilines is 1. The van der Waals surface area contributed by atoms with E-state index in [1.54, 1.807) is 31.2 Å². The summed E-state index contributed by atoms with van der Waals surface area (Å²) >= 11 is 13.4. The van der Waals surface area contributed by atoms with Gasteiger partial charge in [-0.25, -0.2) is 4.98 Å². The maximum Gasteiger partial charge on any atom is 0.255 e. The summed E-state index contributed by atoms with van der Waals surface area (Å²) in [5, 5.41) is 4.33. The van der Waals surface area contributed by atoms with Crippen LogP contribution in [0, 0.1) is 6.92 Å². The molecule has 9 heteroatoms. The Morgan fingerprint density at radius 2 is 1.97 bits per heavy atom. The van der Waals surface area contributed by atoms with E-state index in [-0.39, 0.29) is 17.9 Å². The Hall–Kier alpha value is -2.48. The molecule has 3 aromatic rings. The van der Waals surface area contributed by atoms with Crippen LogP contribution in [0.2, 0.25) is 10.0 Å². The summed E-state index contributed by atoms with van der Waals surface area (Å²) in [5.41, 5.74) is 1.92. The number of hydrogen-bond acceptors (Lipinski definition) is 5. The van der Waals surface area contributed by atoms with Gasteiger partial charge in [0.2, 0.25) is 5.91 Å². The molecular weight excluding hydrogens is 445 g/mol. The highest BCUT2D eigenvalue weighted by Gasteiger charge is 2.15. The van der Waals surface area contributed by atoms with Gasteiger partial charge in [0.25, 0.3) is 5.56 Å². The molecule has 0 bridgehead atoms. The largest absolute Gasteiger partial charge is 0.495 e. The number of hydrogen-bond donors (Lipinski definition) is 2. The third-order valence-corrected chi connectivity index (χ3v) is 5.65. The SMILES string of the molecule is COc1ccc(Cl)cc1NC(=O)Cc1c(C)nc(SCc2cccc(Cl)c2)[nH]c1=O. The summed E-state index contributed by atoms with van der Waals surface area (Å²) in [6.45, 7) is 1.71. The van der Waals surface area contributed by atoms with Crippen molar-refractivity contribution in [3.8, 4) is 5.75 Å². The van der Waals surface area contributed by atoms with Crippen molar-refractivity contribution in [1.82, 2.24) is 9.97 Å². The first-order valence-corrected chi connectivity index (χ1v) is 10.7. The number of carbonyl (C=O) groups excluding carboxylic acids is 1. The molecule has 0 aliphatic rings. The van der Waals surface area contributed by atoms with Crippen molar-refractivity contribution >= 4 is 46.6 Å². The minimum absolute atomic E-state index is 0.122. The summed E-state index contributed by atoms with van der Waals surface area (Å²) in [6, 6.07) is 12.4. The fraction of sp³-hybridized carbons (Fsp3) is 0.190. The number of halogens is 2. The minimum Gasteiger partial charge on any atom is -0.495 e. The summed E-state index contributed by atoms with van der Waals surface area (Å²) < 4.78 is 5.22. The van der Waals surface area contributed by atoms with Crippen molar-refractivity contribution in [2.75, 3.05) is 12.4 Å². The molecule has 0 saturated carbocycles. The Morgan fingerprint density at radius 1 is 1.20 bits per heavy atom. The van der Waals surface area contributed by atoms with Crippen molar-refractivity contribution in [2.45, 2.75) is 24.3 Å². The average Bonchev–Trinajstić information content (AvgIpc) is 2.69. The van der Waals surface area contributed by atoms with Gasteiger partial charge in [0.15, 0.2) is 5.16 Å². The van der Waals surface area contributed by atoms with Crippen molar-refractivity contribution in [3.05, 3.63) is 79.7 Å². The molecule has 0 aliphatic heterocycles. The molecule has 3 rings (SSSR count). The Bertz CT molecular complexity index is 1130. The molecule has 0 saturated heterocycles. The number of carbonyl (C=O) groups is 1. The first kappa shape index (κ1) is 22.2. The van der Waals surface area contributed by atoms with Crippen LogP contribution in [0.5, 0.6) is 5.75 Å². The van der Waals surface area contributed by atoms with Gasteiger partial charge in [-0.2, -0.15) is 0 Å². The maximum atomic E-state index is 12.5. The second-order valence-electron chi connectivity index (χ2n) is 6.42. The lowest BCUT2D eigenvalue weighted by atomic mass is 10.1. The van der Waals surface area contributed by atoms with Gasteiger partial charge in [0.05, 0.1) is 19.2 Å². The molecule has 6 nitrogen and oxygen atoms in total. The van der Waals surface area contributed by atoms with Gasteiger partial charge in [-0.05, 0) is 42.8 Å². The molecule has 30 heavy (non-hydrogen) atoms. The molecule has 1 amide bonds. The van der Waals surface area contributed by atoms with E-state index in [9.17, 15) is 9.59 Å². The second-order valence-corrected chi connectivity index (χ2v) is 8.26. The minimum atomic E-state index is -0.370. The molecule has 1 aromatic heterocycles. The summed E-state index contributed by atoms with van der Waals surface area (Å²) in [7, 11) is 1.50. The highest BCUT2D eigenvalue weighted by molar-refractivity contribution is 7.98. The predicted octanol–water partition coefficient (Wildman–Crippen LogP) is 4.87. The number of rotatable bonds is 7. The van der Waals surface area contributed by atoms with Crippen LogP contribution in [0.25, 0.3) is 0 Å². The zero-order valence-electron chi connectivity index (χ0n) is 16.3. The average molecular weight is 464 g/mol. The first-order valence-electron chi connectivity index (χ1n) is 8.96. The number of aromatic amines is 1. The fourth-order valence-electron chi connectivity index (χ4n) is 2.77. The zero-order chi connectivity index (χ0) is 21.7. The smallest absolute Gasteiger partial charge is 0.255 e. The quantitative estimate of drug-likeness (QED) is 0.385. The van der Waals surface area contributed by atoms with Crippen LogP contribution in [-0.4, -0.2) is 23.0 Å². The van der Waals surface area contributed by atoms with E-state index in [4.69, 9.17) is 27.9 Å². The Balaban J connectivity index is 1.70. The number of nitrogens with zero attached hydrogens (tertiary/aromatic N) is 1. The van der Waals surface area contributed by atoms with E-state index in [0.29, 0.717) is 43.6 Å². The van der Waals surface area contributed by atoms with Gasteiger partial charge >= 0.3 is 0 Å². The topological polar surface area (TPSA) is 84.1 Å². The lowest BCUT2D eigenvalue weighted by Gasteiger charge is -2.11. The molecule has 1 heterocycles. The monoisotopic (exact) mass is 463 g/mol. The number of benzene rings is 2. The summed E-state index contributed by atoms with van der Waals surface area (Å²) in [6.07, 6.45) is -0.122. The number of aromatic nitrogens is 2. The van der Waals surface area contributed by atoms with Crippen molar-refractivity contribution < 1.29 is 9.53 Å². The Morgan fingerprint density at radius 3 is 2.67 bits per heavy atom. The van der Waals surface area contributed by atoms with Gasteiger partial charge in [-0.15, -0.1) is 0 Å². The zero-order valence-corrected chi connectivity index (χ0v) is 18.6. The van der Waals surface area contributed by atoms with E-state index in [2.05, 4.69) is 15.3 Å². The molecule has 0 spiro atoms. The predicted molar refractivity (Wildman–Crippen MR) is 121 cm³/mol. The van der Waals surface area contributed by atoms with E-state index in [1.807, 2.05) is 18.2 Å². The normalized spacial score (nSPS) is 10.7.